The fourth-order valence-electron chi connectivity index (χ4n) is 2.22. The Labute approximate surface area is 170 Å². The average Bonchev–Trinajstić information content (AvgIpc) is 3.01. The van der Waals surface area contributed by atoms with Crippen molar-refractivity contribution >= 4 is 47.1 Å². The number of carbonyl (C=O) groups excluding carboxylic acids is 1. The first-order valence-electron chi connectivity index (χ1n) is 7.88. The SMILES string of the molecule is Cn1c(SCC(=O)N/N=C\c2cccc(Cl)c2)nnc1-c1ccc(Cl)cc1. The van der Waals surface area contributed by atoms with Gasteiger partial charge in [-0.05, 0) is 42.0 Å². The maximum absolute atomic E-state index is 12.0. The zero-order chi connectivity index (χ0) is 19.2. The molecule has 0 bridgehead atoms. The van der Waals surface area contributed by atoms with Crippen molar-refractivity contribution < 1.29 is 4.79 Å². The highest BCUT2D eigenvalue weighted by molar-refractivity contribution is 7.99. The first-order valence-corrected chi connectivity index (χ1v) is 9.62. The van der Waals surface area contributed by atoms with Crippen LogP contribution in [0.1, 0.15) is 5.56 Å². The van der Waals surface area contributed by atoms with Gasteiger partial charge in [0.15, 0.2) is 11.0 Å². The van der Waals surface area contributed by atoms with E-state index in [4.69, 9.17) is 23.2 Å². The highest BCUT2D eigenvalue weighted by atomic mass is 35.5. The molecule has 0 saturated carbocycles. The molecule has 0 atom stereocenters. The summed E-state index contributed by atoms with van der Waals surface area (Å²) in [4.78, 5) is 12.0. The predicted octanol–water partition coefficient (Wildman–Crippen LogP) is 4.03. The minimum Gasteiger partial charge on any atom is -0.305 e. The molecule has 0 spiro atoms. The molecule has 1 heterocycles. The molecular weight excluding hydrogens is 405 g/mol. The van der Waals surface area contributed by atoms with E-state index in [0.29, 0.717) is 21.0 Å². The lowest BCUT2D eigenvalue weighted by Gasteiger charge is -2.04. The topological polar surface area (TPSA) is 72.2 Å². The van der Waals surface area contributed by atoms with Gasteiger partial charge in [-0.25, -0.2) is 5.43 Å². The van der Waals surface area contributed by atoms with Crippen molar-refractivity contribution in [2.75, 3.05) is 5.75 Å². The van der Waals surface area contributed by atoms with Crippen LogP contribution in [0.4, 0.5) is 0 Å². The van der Waals surface area contributed by atoms with Crippen LogP contribution in [0.25, 0.3) is 11.4 Å². The van der Waals surface area contributed by atoms with Gasteiger partial charge in [-0.2, -0.15) is 5.10 Å². The second-order valence-electron chi connectivity index (χ2n) is 5.51. The van der Waals surface area contributed by atoms with Crippen molar-refractivity contribution in [3.8, 4) is 11.4 Å². The number of hydrazone groups is 1. The molecule has 3 rings (SSSR count). The second kappa shape index (κ2) is 9.03. The summed E-state index contributed by atoms with van der Waals surface area (Å²) in [6.07, 6.45) is 1.54. The Morgan fingerprint density at radius 3 is 2.70 bits per heavy atom. The predicted molar refractivity (Wildman–Crippen MR) is 109 cm³/mol. The van der Waals surface area contributed by atoms with Crippen molar-refractivity contribution in [3.05, 3.63) is 64.1 Å². The van der Waals surface area contributed by atoms with Crippen LogP contribution < -0.4 is 5.43 Å². The largest absolute Gasteiger partial charge is 0.305 e. The van der Waals surface area contributed by atoms with Crippen LogP contribution in [0.3, 0.4) is 0 Å². The molecule has 0 aliphatic rings. The normalized spacial score (nSPS) is 11.1. The van der Waals surface area contributed by atoms with Crippen molar-refractivity contribution in [2.24, 2.45) is 12.1 Å². The quantitative estimate of drug-likeness (QED) is 0.371. The third-order valence-corrected chi connectivity index (χ3v) is 5.03. The van der Waals surface area contributed by atoms with Crippen molar-refractivity contribution in [1.82, 2.24) is 20.2 Å². The molecule has 0 saturated heterocycles. The van der Waals surface area contributed by atoms with Gasteiger partial charge >= 0.3 is 0 Å². The Hall–Kier alpha value is -2.35. The van der Waals surface area contributed by atoms with E-state index in [2.05, 4.69) is 20.7 Å². The number of nitrogens with zero attached hydrogens (tertiary/aromatic N) is 4. The molecule has 9 heteroatoms. The van der Waals surface area contributed by atoms with Gasteiger partial charge in [0.2, 0.25) is 0 Å². The zero-order valence-corrected chi connectivity index (χ0v) is 16.6. The maximum atomic E-state index is 12.0. The molecule has 0 fully saturated rings. The minimum atomic E-state index is -0.241. The molecule has 1 N–H and O–H groups in total. The fourth-order valence-corrected chi connectivity index (χ4v) is 3.25. The van der Waals surface area contributed by atoms with Crippen LogP contribution in [-0.4, -0.2) is 32.6 Å². The third kappa shape index (κ3) is 5.32. The Morgan fingerprint density at radius 2 is 1.96 bits per heavy atom. The van der Waals surface area contributed by atoms with E-state index in [1.807, 2.05) is 35.9 Å². The zero-order valence-electron chi connectivity index (χ0n) is 14.3. The number of carbonyl (C=O) groups is 1. The van der Waals surface area contributed by atoms with E-state index in [-0.39, 0.29) is 11.7 Å². The number of rotatable bonds is 6. The molecule has 0 aliphatic heterocycles. The maximum Gasteiger partial charge on any atom is 0.250 e. The minimum absolute atomic E-state index is 0.166. The number of halogens is 2. The van der Waals surface area contributed by atoms with Gasteiger partial charge in [0.1, 0.15) is 0 Å². The third-order valence-electron chi connectivity index (χ3n) is 3.52. The van der Waals surface area contributed by atoms with Gasteiger partial charge in [0, 0.05) is 22.7 Å². The summed E-state index contributed by atoms with van der Waals surface area (Å²) in [6, 6.07) is 14.5. The number of benzene rings is 2. The van der Waals surface area contributed by atoms with Crippen LogP contribution >= 0.6 is 35.0 Å². The van der Waals surface area contributed by atoms with E-state index in [9.17, 15) is 4.79 Å². The van der Waals surface area contributed by atoms with E-state index in [1.165, 1.54) is 18.0 Å². The molecule has 1 aromatic heterocycles. The van der Waals surface area contributed by atoms with Gasteiger partial charge in [0.05, 0.1) is 12.0 Å². The van der Waals surface area contributed by atoms with Crippen LogP contribution in [-0.2, 0) is 11.8 Å². The highest BCUT2D eigenvalue weighted by Crippen LogP contribution is 2.23. The van der Waals surface area contributed by atoms with Crippen molar-refractivity contribution in [1.29, 1.82) is 0 Å². The Bertz CT molecular complexity index is 972. The van der Waals surface area contributed by atoms with Gasteiger partial charge in [-0.15, -0.1) is 10.2 Å². The summed E-state index contributed by atoms with van der Waals surface area (Å²) in [5.74, 6) is 0.627. The van der Waals surface area contributed by atoms with Gasteiger partial charge in [-0.3, -0.25) is 4.79 Å². The average molecular weight is 420 g/mol. The van der Waals surface area contributed by atoms with Crippen LogP contribution in [0.5, 0.6) is 0 Å². The van der Waals surface area contributed by atoms with E-state index >= 15 is 0 Å². The van der Waals surface area contributed by atoms with E-state index < -0.39 is 0 Å². The van der Waals surface area contributed by atoms with Gasteiger partial charge in [-0.1, -0.05) is 47.1 Å². The molecule has 27 heavy (non-hydrogen) atoms. The monoisotopic (exact) mass is 419 g/mol. The molecule has 0 aliphatic carbocycles. The summed E-state index contributed by atoms with van der Waals surface area (Å²) in [6.45, 7) is 0. The highest BCUT2D eigenvalue weighted by Gasteiger charge is 2.12. The van der Waals surface area contributed by atoms with Crippen molar-refractivity contribution in [2.45, 2.75) is 5.16 Å². The summed E-state index contributed by atoms with van der Waals surface area (Å²) in [7, 11) is 1.85. The molecule has 2 aromatic carbocycles. The lowest BCUT2D eigenvalue weighted by molar-refractivity contribution is -0.118. The van der Waals surface area contributed by atoms with Gasteiger partial charge < -0.3 is 4.57 Å². The van der Waals surface area contributed by atoms with Crippen LogP contribution in [0.2, 0.25) is 10.0 Å². The summed E-state index contributed by atoms with van der Waals surface area (Å²) >= 11 is 13.1. The summed E-state index contributed by atoms with van der Waals surface area (Å²) < 4.78 is 1.83. The molecular formula is C18H15Cl2N5OS. The second-order valence-corrected chi connectivity index (χ2v) is 7.32. The fraction of sp³-hybridized carbons (Fsp3) is 0.111. The molecule has 1 amide bonds. The number of aromatic nitrogens is 3. The Balaban J connectivity index is 1.55. The molecule has 0 radical (unpaired) electrons. The first-order chi connectivity index (χ1) is 13.0. The summed E-state index contributed by atoms with van der Waals surface area (Å²) in [5, 5.41) is 14.1. The lowest BCUT2D eigenvalue weighted by atomic mass is 10.2. The van der Waals surface area contributed by atoms with Crippen LogP contribution in [0, 0.1) is 0 Å². The van der Waals surface area contributed by atoms with E-state index in [1.54, 1.807) is 24.3 Å². The Kier molecular flexibility index (Phi) is 6.49. The summed E-state index contributed by atoms with van der Waals surface area (Å²) in [5.41, 5.74) is 4.18. The number of thioether (sulfide) groups is 1. The lowest BCUT2D eigenvalue weighted by Crippen LogP contribution is -2.19. The molecule has 6 nitrogen and oxygen atoms in total. The number of hydrogen-bond donors (Lipinski definition) is 1. The molecule has 0 unspecified atom stereocenters. The van der Waals surface area contributed by atoms with E-state index in [0.717, 1.165) is 11.1 Å². The first kappa shape index (κ1) is 19.4. The number of amides is 1. The number of hydrogen-bond acceptors (Lipinski definition) is 5. The van der Waals surface area contributed by atoms with Crippen molar-refractivity contribution in [3.63, 3.8) is 0 Å². The number of nitrogens with one attached hydrogen (secondary N) is 1. The smallest absolute Gasteiger partial charge is 0.250 e. The van der Waals surface area contributed by atoms with Gasteiger partial charge in [0.25, 0.3) is 5.91 Å². The molecule has 3 aromatic rings. The standard InChI is InChI=1S/C18H15Cl2N5OS/c1-25-17(13-5-7-14(19)8-6-13)23-24-18(25)27-11-16(26)22-21-10-12-3-2-4-15(20)9-12/h2-10H,11H2,1H3,(H,22,26)/b21-10-. The van der Waals surface area contributed by atoms with Crippen LogP contribution in [0.15, 0.2) is 58.8 Å². The Morgan fingerprint density at radius 1 is 1.19 bits per heavy atom. The molecule has 138 valence electrons.